The third kappa shape index (κ3) is 2.55. The first-order valence-electron chi connectivity index (χ1n) is 5.53. The van der Waals surface area contributed by atoms with Gasteiger partial charge in [-0.1, -0.05) is 6.58 Å². The predicted molar refractivity (Wildman–Crippen MR) is 61.8 cm³/mol. The molecule has 1 fully saturated rings. The number of rotatable bonds is 4. The molecule has 1 saturated carbocycles. The van der Waals surface area contributed by atoms with Crippen LogP contribution in [0.3, 0.4) is 0 Å². The van der Waals surface area contributed by atoms with Crippen LogP contribution < -0.4 is 0 Å². The molecule has 0 spiro atoms. The molecule has 8 heteroatoms. The van der Waals surface area contributed by atoms with Gasteiger partial charge in [0.15, 0.2) is 0 Å². The molecule has 0 aromatic rings. The van der Waals surface area contributed by atoms with Gasteiger partial charge in [-0.25, -0.2) is 0 Å². The fraction of sp³-hybridized carbons (Fsp3) is 0.417. The van der Waals surface area contributed by atoms with Crippen molar-refractivity contribution in [2.45, 2.75) is 6.42 Å². The van der Waals surface area contributed by atoms with E-state index in [1.54, 1.807) is 0 Å². The van der Waals surface area contributed by atoms with Crippen molar-refractivity contribution in [2.75, 3.05) is 0 Å². The summed E-state index contributed by atoms with van der Waals surface area (Å²) in [5.74, 6) is -12.5. The number of hydrogen-bond acceptors (Lipinski definition) is 4. The summed E-state index contributed by atoms with van der Waals surface area (Å²) in [6.07, 6.45) is -0.580. The maximum absolute atomic E-state index is 11.2. The van der Waals surface area contributed by atoms with Crippen LogP contribution in [0.4, 0.5) is 0 Å². The molecule has 1 aliphatic rings. The lowest BCUT2D eigenvalue weighted by atomic mass is 9.65. The molecule has 0 heterocycles. The molecule has 0 aliphatic heterocycles. The van der Waals surface area contributed by atoms with E-state index in [0.29, 0.717) is 0 Å². The number of hydrogen-bond donors (Lipinski definition) is 4. The number of carboxylic acids is 4. The van der Waals surface area contributed by atoms with Crippen molar-refractivity contribution in [3.63, 3.8) is 0 Å². The molecule has 0 amide bonds. The van der Waals surface area contributed by atoms with E-state index in [2.05, 4.69) is 12.3 Å². The Morgan fingerprint density at radius 2 is 1.20 bits per heavy atom. The Morgan fingerprint density at radius 3 is 1.40 bits per heavy atom. The molecule has 108 valence electrons. The van der Waals surface area contributed by atoms with Crippen molar-refractivity contribution in [1.29, 1.82) is 0 Å². The van der Waals surface area contributed by atoms with Crippen LogP contribution in [0, 0.1) is 23.7 Å². The monoisotopic (exact) mass is 284 g/mol. The van der Waals surface area contributed by atoms with Crippen LogP contribution in [0.25, 0.3) is 0 Å². The van der Waals surface area contributed by atoms with Crippen molar-refractivity contribution in [3.05, 3.63) is 17.9 Å². The van der Waals surface area contributed by atoms with Crippen molar-refractivity contribution < 1.29 is 39.6 Å². The Labute approximate surface area is 112 Å². The average Bonchev–Trinajstić information content (AvgIpc) is 2.34. The molecule has 4 atom stereocenters. The first kappa shape index (κ1) is 15.5. The predicted octanol–water partition coefficient (Wildman–Crippen LogP) is -0.0954. The van der Waals surface area contributed by atoms with Crippen molar-refractivity contribution in [2.24, 2.45) is 23.7 Å². The molecular formula is C12H12O8. The molecule has 4 unspecified atom stereocenters. The molecule has 1 aliphatic carbocycles. The number of aliphatic carboxylic acids is 4. The van der Waals surface area contributed by atoms with Gasteiger partial charge in [0.2, 0.25) is 0 Å². The summed E-state index contributed by atoms with van der Waals surface area (Å²) in [6.45, 7) is 3.16. The van der Waals surface area contributed by atoms with Crippen LogP contribution in [0.1, 0.15) is 6.42 Å². The van der Waals surface area contributed by atoms with Gasteiger partial charge < -0.3 is 20.4 Å². The lowest BCUT2D eigenvalue weighted by Crippen LogP contribution is -2.46. The molecule has 0 bridgehead atoms. The Kier molecular flexibility index (Phi) is 4.31. The molecule has 0 radical (unpaired) electrons. The van der Waals surface area contributed by atoms with Gasteiger partial charge in [0.05, 0.1) is 23.7 Å². The highest BCUT2D eigenvalue weighted by atomic mass is 16.4. The van der Waals surface area contributed by atoms with Crippen LogP contribution in [0.2, 0.25) is 0 Å². The zero-order valence-electron chi connectivity index (χ0n) is 10.1. The van der Waals surface area contributed by atoms with Gasteiger partial charge in [0.25, 0.3) is 0 Å². The van der Waals surface area contributed by atoms with Crippen molar-refractivity contribution in [3.8, 4) is 0 Å². The molecular weight excluding hydrogens is 272 g/mol. The molecule has 8 nitrogen and oxygen atoms in total. The largest absolute Gasteiger partial charge is 0.481 e. The molecule has 1 rings (SSSR count). The lowest BCUT2D eigenvalue weighted by Gasteiger charge is -2.35. The van der Waals surface area contributed by atoms with E-state index in [4.69, 9.17) is 20.4 Å². The molecule has 20 heavy (non-hydrogen) atoms. The third-order valence-corrected chi connectivity index (χ3v) is 3.35. The lowest BCUT2D eigenvalue weighted by molar-refractivity contribution is -0.162. The normalized spacial score (nSPS) is 29.3. The number of carbonyl (C=O) groups is 4. The minimum Gasteiger partial charge on any atom is -0.481 e. The highest BCUT2D eigenvalue weighted by Gasteiger charge is 2.52. The molecule has 0 aromatic carbocycles. The molecule has 4 N–H and O–H groups in total. The van der Waals surface area contributed by atoms with Gasteiger partial charge in [0.1, 0.15) is 0 Å². The summed E-state index contributed by atoms with van der Waals surface area (Å²) >= 11 is 0. The van der Waals surface area contributed by atoms with Gasteiger partial charge in [-0.3, -0.25) is 19.2 Å². The minimum atomic E-state index is -1.65. The fourth-order valence-corrected chi connectivity index (χ4v) is 2.49. The Hall–Kier alpha value is -2.60. The van der Waals surface area contributed by atoms with Gasteiger partial charge >= 0.3 is 23.9 Å². The maximum Gasteiger partial charge on any atom is 0.312 e. The van der Waals surface area contributed by atoms with Crippen molar-refractivity contribution >= 4 is 23.9 Å². The second-order valence-corrected chi connectivity index (χ2v) is 4.39. The minimum absolute atomic E-state index is 0.420. The summed E-state index contributed by atoms with van der Waals surface area (Å²) in [4.78, 5) is 44.6. The highest BCUT2D eigenvalue weighted by Crippen LogP contribution is 2.42. The maximum atomic E-state index is 11.2. The summed E-state index contributed by atoms with van der Waals surface area (Å²) in [7, 11) is 0. The van der Waals surface area contributed by atoms with Crippen LogP contribution in [0.15, 0.2) is 17.9 Å². The second kappa shape index (κ2) is 5.58. The Bertz CT molecular complexity index is 488. The van der Waals surface area contributed by atoms with E-state index < -0.39 is 59.5 Å². The quantitative estimate of drug-likeness (QED) is 0.523. The SMILES string of the molecule is C=C=C1C(C(=O)O)C(C(=O)O)CC(C(=O)O)C1C(=O)O. The van der Waals surface area contributed by atoms with Crippen LogP contribution in [0.5, 0.6) is 0 Å². The van der Waals surface area contributed by atoms with Crippen LogP contribution >= 0.6 is 0 Å². The number of carboxylic acid groups (broad SMARTS) is 4. The van der Waals surface area contributed by atoms with Gasteiger partial charge in [-0.2, -0.15) is 0 Å². The summed E-state index contributed by atoms with van der Waals surface area (Å²) in [6, 6.07) is 0. The Balaban J connectivity index is 3.44. The zero-order valence-corrected chi connectivity index (χ0v) is 10.1. The van der Waals surface area contributed by atoms with Gasteiger partial charge in [0, 0.05) is 5.57 Å². The van der Waals surface area contributed by atoms with Gasteiger partial charge in [-0.15, -0.1) is 5.73 Å². The van der Waals surface area contributed by atoms with E-state index in [0.717, 1.165) is 0 Å². The first-order valence-corrected chi connectivity index (χ1v) is 5.53. The van der Waals surface area contributed by atoms with E-state index in [1.807, 2.05) is 0 Å². The molecule has 0 saturated heterocycles. The zero-order chi connectivity index (χ0) is 15.6. The summed E-state index contributed by atoms with van der Waals surface area (Å²) in [5, 5.41) is 36.2. The van der Waals surface area contributed by atoms with E-state index in [-0.39, 0.29) is 0 Å². The van der Waals surface area contributed by atoms with E-state index >= 15 is 0 Å². The standard InChI is InChI=1S/C12H12O8/c1-2-4-7(11(17)18)5(9(13)14)3-6(10(15)16)8(4)12(19)20/h5-8H,1,3H2,(H,13,14)(H,15,16)(H,17,18)(H,19,20). The highest BCUT2D eigenvalue weighted by molar-refractivity contribution is 5.90. The Morgan fingerprint density at radius 1 is 0.850 bits per heavy atom. The summed E-state index contributed by atoms with van der Waals surface area (Å²) in [5.41, 5.74) is 1.69. The fourth-order valence-electron chi connectivity index (χ4n) is 2.49. The van der Waals surface area contributed by atoms with Crippen molar-refractivity contribution in [1.82, 2.24) is 0 Å². The summed E-state index contributed by atoms with van der Waals surface area (Å²) < 4.78 is 0. The smallest absolute Gasteiger partial charge is 0.312 e. The topological polar surface area (TPSA) is 149 Å². The second-order valence-electron chi connectivity index (χ2n) is 4.39. The average molecular weight is 284 g/mol. The van der Waals surface area contributed by atoms with Gasteiger partial charge in [-0.05, 0) is 6.42 Å². The van der Waals surface area contributed by atoms with Crippen LogP contribution in [-0.4, -0.2) is 44.3 Å². The van der Waals surface area contributed by atoms with Crippen LogP contribution in [-0.2, 0) is 19.2 Å². The first-order chi connectivity index (χ1) is 9.22. The molecule has 0 aromatic heterocycles. The van der Waals surface area contributed by atoms with E-state index in [1.165, 1.54) is 0 Å². The van der Waals surface area contributed by atoms with E-state index in [9.17, 15) is 19.2 Å². The third-order valence-electron chi connectivity index (χ3n) is 3.35.